The maximum absolute atomic E-state index is 5.49. The van der Waals surface area contributed by atoms with Crippen LogP contribution in [-0.4, -0.2) is 44.8 Å². The minimum Gasteiger partial charge on any atom is -0.497 e. The van der Waals surface area contributed by atoms with E-state index < -0.39 is 0 Å². The van der Waals surface area contributed by atoms with Crippen LogP contribution >= 0.6 is 0 Å². The third kappa shape index (κ3) is 3.07. The fourth-order valence-corrected chi connectivity index (χ4v) is 3.02. The molecule has 1 aromatic carbocycles. The van der Waals surface area contributed by atoms with Gasteiger partial charge in [-0.3, -0.25) is 4.90 Å². The van der Waals surface area contributed by atoms with Gasteiger partial charge in [0, 0.05) is 43.9 Å². The van der Waals surface area contributed by atoms with Gasteiger partial charge in [0.25, 0.3) is 0 Å². The fourth-order valence-electron chi connectivity index (χ4n) is 3.02. The van der Waals surface area contributed by atoms with Crippen LogP contribution in [0, 0.1) is 5.92 Å². The van der Waals surface area contributed by atoms with Crippen LogP contribution in [0.4, 0.5) is 0 Å². The van der Waals surface area contributed by atoms with Gasteiger partial charge in [0.1, 0.15) is 11.5 Å². The zero-order chi connectivity index (χ0) is 13.9. The van der Waals surface area contributed by atoms with Gasteiger partial charge >= 0.3 is 0 Å². The van der Waals surface area contributed by atoms with Crippen molar-refractivity contribution in [2.75, 3.05) is 33.9 Å². The molecule has 20 heavy (non-hydrogen) atoms. The lowest BCUT2D eigenvalue weighted by molar-refractivity contribution is 0.180. The lowest BCUT2D eigenvalue weighted by Gasteiger charge is -2.34. The fraction of sp³-hybridized carbons (Fsp3) is 0.625. The van der Waals surface area contributed by atoms with Crippen LogP contribution in [-0.2, 0) is 6.54 Å². The monoisotopic (exact) mass is 276 g/mol. The van der Waals surface area contributed by atoms with E-state index in [1.165, 1.54) is 18.4 Å². The first-order valence-corrected chi connectivity index (χ1v) is 7.47. The SMILES string of the molecule is COc1ccc(CN2CCNC(C3CC3)C2)c(OC)c1. The molecule has 3 rings (SSSR count). The summed E-state index contributed by atoms with van der Waals surface area (Å²) in [5.41, 5.74) is 1.24. The van der Waals surface area contributed by atoms with Crippen LogP contribution in [0.25, 0.3) is 0 Å². The van der Waals surface area contributed by atoms with E-state index in [9.17, 15) is 0 Å². The van der Waals surface area contributed by atoms with Crippen molar-refractivity contribution in [3.05, 3.63) is 23.8 Å². The van der Waals surface area contributed by atoms with Crippen molar-refractivity contribution in [3.8, 4) is 11.5 Å². The Balaban J connectivity index is 1.67. The lowest BCUT2D eigenvalue weighted by Crippen LogP contribution is -2.51. The van der Waals surface area contributed by atoms with Gasteiger partial charge in [0.2, 0.25) is 0 Å². The summed E-state index contributed by atoms with van der Waals surface area (Å²) in [6.45, 7) is 4.32. The number of methoxy groups -OCH3 is 2. The van der Waals surface area contributed by atoms with Crippen molar-refractivity contribution in [2.45, 2.75) is 25.4 Å². The highest BCUT2D eigenvalue weighted by atomic mass is 16.5. The van der Waals surface area contributed by atoms with Crippen molar-refractivity contribution in [2.24, 2.45) is 5.92 Å². The van der Waals surface area contributed by atoms with Gasteiger partial charge in [-0.1, -0.05) is 6.07 Å². The van der Waals surface area contributed by atoms with Crippen LogP contribution < -0.4 is 14.8 Å². The minimum absolute atomic E-state index is 0.688. The van der Waals surface area contributed by atoms with E-state index in [0.717, 1.165) is 43.6 Å². The van der Waals surface area contributed by atoms with Gasteiger partial charge in [-0.25, -0.2) is 0 Å². The van der Waals surface area contributed by atoms with Gasteiger partial charge in [-0.05, 0) is 24.8 Å². The van der Waals surface area contributed by atoms with E-state index in [1.54, 1.807) is 14.2 Å². The average Bonchev–Trinajstić information content (AvgIpc) is 3.32. The van der Waals surface area contributed by atoms with E-state index in [4.69, 9.17) is 9.47 Å². The molecule has 4 nitrogen and oxygen atoms in total. The van der Waals surface area contributed by atoms with Crippen LogP contribution in [0.1, 0.15) is 18.4 Å². The largest absolute Gasteiger partial charge is 0.497 e. The quantitative estimate of drug-likeness (QED) is 0.890. The third-order valence-corrected chi connectivity index (χ3v) is 4.37. The smallest absolute Gasteiger partial charge is 0.127 e. The normalized spacial score (nSPS) is 23.6. The maximum atomic E-state index is 5.49. The average molecular weight is 276 g/mol. The molecule has 2 aliphatic rings. The second-order valence-electron chi connectivity index (χ2n) is 5.81. The number of benzene rings is 1. The Kier molecular flexibility index (Phi) is 4.13. The molecule has 1 aromatic rings. The Morgan fingerprint density at radius 2 is 2.10 bits per heavy atom. The highest BCUT2D eigenvalue weighted by Crippen LogP contribution is 2.34. The molecule has 0 radical (unpaired) electrons. The molecule has 1 saturated heterocycles. The summed E-state index contributed by atoms with van der Waals surface area (Å²) in [5, 5.41) is 3.65. The molecule has 1 atom stereocenters. The van der Waals surface area contributed by atoms with E-state index in [-0.39, 0.29) is 0 Å². The molecule has 1 N–H and O–H groups in total. The highest BCUT2D eigenvalue weighted by Gasteiger charge is 2.33. The van der Waals surface area contributed by atoms with E-state index in [2.05, 4.69) is 16.3 Å². The van der Waals surface area contributed by atoms with Gasteiger partial charge in [0.05, 0.1) is 14.2 Å². The van der Waals surface area contributed by atoms with Gasteiger partial charge in [-0.2, -0.15) is 0 Å². The van der Waals surface area contributed by atoms with Gasteiger partial charge in [-0.15, -0.1) is 0 Å². The maximum Gasteiger partial charge on any atom is 0.127 e. The summed E-state index contributed by atoms with van der Waals surface area (Å²) in [7, 11) is 3.41. The minimum atomic E-state index is 0.688. The number of rotatable bonds is 5. The zero-order valence-corrected chi connectivity index (χ0v) is 12.4. The second kappa shape index (κ2) is 6.02. The molecule has 4 heteroatoms. The molecular formula is C16H24N2O2. The highest BCUT2D eigenvalue weighted by molar-refractivity contribution is 5.40. The Morgan fingerprint density at radius 1 is 1.25 bits per heavy atom. The summed E-state index contributed by atoms with van der Waals surface area (Å²) in [6.07, 6.45) is 2.80. The van der Waals surface area contributed by atoms with Crippen LogP contribution in [0.3, 0.4) is 0 Å². The summed E-state index contributed by atoms with van der Waals surface area (Å²) in [5.74, 6) is 2.68. The molecule has 1 saturated carbocycles. The number of piperazine rings is 1. The predicted molar refractivity (Wildman–Crippen MR) is 79.3 cm³/mol. The lowest BCUT2D eigenvalue weighted by atomic mass is 10.1. The number of nitrogens with one attached hydrogen (secondary N) is 1. The Labute approximate surface area is 121 Å². The topological polar surface area (TPSA) is 33.7 Å². The molecule has 1 unspecified atom stereocenters. The van der Waals surface area contributed by atoms with Crippen LogP contribution in [0.2, 0.25) is 0 Å². The molecule has 0 bridgehead atoms. The summed E-state index contributed by atoms with van der Waals surface area (Å²) in [4.78, 5) is 2.53. The van der Waals surface area contributed by atoms with Gasteiger partial charge in [0.15, 0.2) is 0 Å². The molecule has 1 aliphatic heterocycles. The number of hydrogen-bond acceptors (Lipinski definition) is 4. The summed E-state index contributed by atoms with van der Waals surface area (Å²) >= 11 is 0. The Hall–Kier alpha value is -1.26. The molecule has 0 aromatic heterocycles. The van der Waals surface area contributed by atoms with Crippen molar-refractivity contribution in [1.29, 1.82) is 0 Å². The molecule has 0 spiro atoms. The first-order chi connectivity index (χ1) is 9.80. The zero-order valence-electron chi connectivity index (χ0n) is 12.4. The third-order valence-electron chi connectivity index (χ3n) is 4.37. The molecule has 0 amide bonds. The summed E-state index contributed by atoms with van der Waals surface area (Å²) in [6, 6.07) is 6.79. The Bertz CT molecular complexity index is 460. The molecule has 1 aliphatic carbocycles. The first kappa shape index (κ1) is 13.7. The standard InChI is InChI=1S/C16H24N2O2/c1-19-14-6-5-13(16(9-14)20-2)10-18-8-7-17-15(11-18)12-3-4-12/h5-6,9,12,15,17H,3-4,7-8,10-11H2,1-2H3. The van der Waals surface area contributed by atoms with Crippen LogP contribution in [0.5, 0.6) is 11.5 Å². The number of nitrogens with zero attached hydrogens (tertiary/aromatic N) is 1. The molecular weight excluding hydrogens is 252 g/mol. The van der Waals surface area contributed by atoms with E-state index in [1.807, 2.05) is 12.1 Å². The molecule has 1 heterocycles. The predicted octanol–water partition coefficient (Wildman–Crippen LogP) is 1.89. The van der Waals surface area contributed by atoms with Crippen molar-refractivity contribution >= 4 is 0 Å². The van der Waals surface area contributed by atoms with Crippen LogP contribution in [0.15, 0.2) is 18.2 Å². The van der Waals surface area contributed by atoms with Crippen molar-refractivity contribution in [3.63, 3.8) is 0 Å². The Morgan fingerprint density at radius 3 is 2.80 bits per heavy atom. The van der Waals surface area contributed by atoms with E-state index in [0.29, 0.717) is 6.04 Å². The van der Waals surface area contributed by atoms with Crippen molar-refractivity contribution < 1.29 is 9.47 Å². The van der Waals surface area contributed by atoms with E-state index >= 15 is 0 Å². The first-order valence-electron chi connectivity index (χ1n) is 7.47. The summed E-state index contributed by atoms with van der Waals surface area (Å²) < 4.78 is 10.7. The number of ether oxygens (including phenoxy) is 2. The second-order valence-corrected chi connectivity index (χ2v) is 5.81. The van der Waals surface area contributed by atoms with Gasteiger partial charge < -0.3 is 14.8 Å². The number of hydrogen-bond donors (Lipinski definition) is 1. The molecule has 2 fully saturated rings. The molecule has 110 valence electrons. The van der Waals surface area contributed by atoms with Crippen molar-refractivity contribution in [1.82, 2.24) is 10.2 Å².